The van der Waals surface area contributed by atoms with Crippen LogP contribution in [0.25, 0.3) is 22.6 Å². The molecule has 172 valence electrons. The molecule has 5 rings (SSSR count). The van der Waals surface area contributed by atoms with Crippen LogP contribution in [0, 0.1) is 12.7 Å². The predicted octanol–water partition coefficient (Wildman–Crippen LogP) is 3.08. The largest absolute Gasteiger partial charge is 0.464 e. The first-order chi connectivity index (χ1) is 16.1. The van der Waals surface area contributed by atoms with Crippen molar-refractivity contribution in [2.75, 3.05) is 26.2 Å². The second kappa shape index (κ2) is 9.22. The van der Waals surface area contributed by atoms with Crippen LogP contribution in [0.5, 0.6) is 6.01 Å². The van der Waals surface area contributed by atoms with Gasteiger partial charge in [-0.15, -0.1) is 0 Å². The lowest BCUT2D eigenvalue weighted by atomic mass is 10.2. The maximum absolute atomic E-state index is 14.0. The molecule has 0 aliphatic carbocycles. The standard InChI is InChI=1S/C23H27FN8O/c1-3-33-23-27-16(2)20-22(29-23)32(21(28-20)18-10-19(24)13-25-12-18)15-17-11-26-31(14-17)9-8-30-6-4-5-7-30/h10-14H,3-9,15H2,1-2H3. The van der Waals surface area contributed by atoms with Gasteiger partial charge < -0.3 is 14.2 Å². The van der Waals surface area contributed by atoms with E-state index < -0.39 is 5.82 Å². The molecule has 0 spiro atoms. The van der Waals surface area contributed by atoms with Gasteiger partial charge in [-0.1, -0.05) is 0 Å². The smallest absolute Gasteiger partial charge is 0.318 e. The number of ether oxygens (including phenoxy) is 1. The van der Waals surface area contributed by atoms with Crippen molar-refractivity contribution in [1.82, 2.24) is 39.2 Å². The number of halogens is 1. The van der Waals surface area contributed by atoms with Gasteiger partial charge in [0, 0.05) is 30.1 Å². The van der Waals surface area contributed by atoms with Crippen molar-refractivity contribution in [3.63, 3.8) is 0 Å². The van der Waals surface area contributed by atoms with E-state index in [2.05, 4.69) is 25.0 Å². The van der Waals surface area contributed by atoms with Gasteiger partial charge in [-0.3, -0.25) is 9.67 Å². The van der Waals surface area contributed by atoms with E-state index in [1.807, 2.05) is 35.5 Å². The number of imidazole rings is 1. The third-order valence-corrected chi connectivity index (χ3v) is 5.86. The van der Waals surface area contributed by atoms with Gasteiger partial charge in [-0.05, 0) is 45.8 Å². The molecule has 5 heterocycles. The zero-order valence-electron chi connectivity index (χ0n) is 18.9. The van der Waals surface area contributed by atoms with E-state index in [1.165, 1.54) is 38.2 Å². The Morgan fingerprint density at radius 2 is 1.91 bits per heavy atom. The van der Waals surface area contributed by atoms with Crippen molar-refractivity contribution in [2.45, 2.75) is 39.8 Å². The first-order valence-corrected chi connectivity index (χ1v) is 11.3. The van der Waals surface area contributed by atoms with Crippen molar-refractivity contribution in [1.29, 1.82) is 0 Å². The zero-order chi connectivity index (χ0) is 22.8. The number of hydrogen-bond donors (Lipinski definition) is 0. The molecule has 0 aromatic carbocycles. The van der Waals surface area contributed by atoms with Crippen molar-refractivity contribution in [3.8, 4) is 17.4 Å². The van der Waals surface area contributed by atoms with Crippen LogP contribution in [0.1, 0.15) is 31.0 Å². The molecule has 0 amide bonds. The molecule has 4 aromatic rings. The van der Waals surface area contributed by atoms with Crippen LogP contribution in [0.3, 0.4) is 0 Å². The number of likely N-dealkylation sites (tertiary alicyclic amines) is 1. The Balaban J connectivity index is 1.50. The minimum atomic E-state index is -0.418. The second-order valence-electron chi connectivity index (χ2n) is 8.27. The Bertz CT molecular complexity index is 1260. The summed E-state index contributed by atoms with van der Waals surface area (Å²) in [5.74, 6) is 0.159. The number of aromatic nitrogens is 7. The summed E-state index contributed by atoms with van der Waals surface area (Å²) >= 11 is 0. The van der Waals surface area contributed by atoms with E-state index in [0.29, 0.717) is 47.4 Å². The van der Waals surface area contributed by atoms with Gasteiger partial charge in [0.05, 0.1) is 37.8 Å². The molecule has 0 atom stereocenters. The number of hydrogen-bond acceptors (Lipinski definition) is 7. The summed E-state index contributed by atoms with van der Waals surface area (Å²) in [5, 5.41) is 4.55. The highest BCUT2D eigenvalue weighted by Crippen LogP contribution is 2.27. The molecular formula is C23H27FN8O. The minimum Gasteiger partial charge on any atom is -0.464 e. The molecule has 0 unspecified atom stereocenters. The van der Waals surface area contributed by atoms with Crippen LogP contribution < -0.4 is 4.74 Å². The topological polar surface area (TPSA) is 86.8 Å². The van der Waals surface area contributed by atoms with Gasteiger partial charge in [0.2, 0.25) is 0 Å². The SMILES string of the molecule is CCOc1nc(C)c2nc(-c3cncc(F)c3)n(Cc3cnn(CCN4CCCC4)c3)c2n1. The normalized spacial score (nSPS) is 14.4. The maximum Gasteiger partial charge on any atom is 0.318 e. The third kappa shape index (κ3) is 4.56. The zero-order valence-corrected chi connectivity index (χ0v) is 18.9. The van der Waals surface area contributed by atoms with Crippen LogP contribution in [0.15, 0.2) is 30.9 Å². The number of rotatable bonds is 8. The van der Waals surface area contributed by atoms with E-state index in [-0.39, 0.29) is 0 Å². The minimum absolute atomic E-state index is 0.300. The molecule has 10 heteroatoms. The van der Waals surface area contributed by atoms with Crippen LogP contribution >= 0.6 is 0 Å². The van der Waals surface area contributed by atoms with Gasteiger partial charge in [-0.2, -0.15) is 15.1 Å². The Labute approximate surface area is 191 Å². The molecule has 0 N–H and O–H groups in total. The average Bonchev–Trinajstić information content (AvgIpc) is 3.54. The van der Waals surface area contributed by atoms with Crippen molar-refractivity contribution in [2.24, 2.45) is 0 Å². The molecule has 0 bridgehead atoms. The van der Waals surface area contributed by atoms with E-state index in [0.717, 1.165) is 18.7 Å². The fourth-order valence-electron chi connectivity index (χ4n) is 4.25. The second-order valence-corrected chi connectivity index (χ2v) is 8.27. The molecule has 1 aliphatic heterocycles. The summed E-state index contributed by atoms with van der Waals surface area (Å²) in [7, 11) is 0. The van der Waals surface area contributed by atoms with Crippen molar-refractivity contribution >= 4 is 11.2 Å². The van der Waals surface area contributed by atoms with Crippen LogP contribution in [0.4, 0.5) is 4.39 Å². The lowest BCUT2D eigenvalue weighted by Gasteiger charge is -2.13. The highest BCUT2D eigenvalue weighted by molar-refractivity contribution is 5.79. The predicted molar refractivity (Wildman–Crippen MR) is 121 cm³/mol. The van der Waals surface area contributed by atoms with E-state index >= 15 is 0 Å². The first-order valence-electron chi connectivity index (χ1n) is 11.3. The molecule has 1 saturated heterocycles. The summed E-state index contributed by atoms with van der Waals surface area (Å²) in [6.45, 7) is 8.88. The summed E-state index contributed by atoms with van der Waals surface area (Å²) in [6, 6.07) is 1.73. The monoisotopic (exact) mass is 450 g/mol. The van der Waals surface area contributed by atoms with E-state index in [9.17, 15) is 4.39 Å². The molecular weight excluding hydrogens is 423 g/mol. The number of pyridine rings is 1. The van der Waals surface area contributed by atoms with Gasteiger partial charge >= 0.3 is 6.01 Å². The van der Waals surface area contributed by atoms with Gasteiger partial charge in [-0.25, -0.2) is 9.37 Å². The summed E-state index contributed by atoms with van der Waals surface area (Å²) in [5.41, 5.74) is 3.57. The quantitative estimate of drug-likeness (QED) is 0.408. The summed E-state index contributed by atoms with van der Waals surface area (Å²) < 4.78 is 23.4. The van der Waals surface area contributed by atoms with Crippen molar-refractivity contribution in [3.05, 3.63) is 47.9 Å². The lowest BCUT2D eigenvalue weighted by Crippen LogP contribution is -2.24. The average molecular weight is 451 g/mol. The van der Waals surface area contributed by atoms with Crippen LogP contribution in [-0.2, 0) is 13.1 Å². The Kier molecular flexibility index (Phi) is 5.99. The highest BCUT2D eigenvalue weighted by atomic mass is 19.1. The third-order valence-electron chi connectivity index (χ3n) is 5.86. The molecule has 1 fully saturated rings. The maximum atomic E-state index is 14.0. The summed E-state index contributed by atoms with van der Waals surface area (Å²) in [4.78, 5) is 20.2. The lowest BCUT2D eigenvalue weighted by molar-refractivity contribution is 0.313. The molecule has 4 aromatic heterocycles. The van der Waals surface area contributed by atoms with Crippen LogP contribution in [-0.4, -0.2) is 65.4 Å². The Morgan fingerprint density at radius 3 is 2.70 bits per heavy atom. The van der Waals surface area contributed by atoms with Crippen molar-refractivity contribution < 1.29 is 9.13 Å². The molecule has 9 nitrogen and oxygen atoms in total. The molecule has 0 radical (unpaired) electrons. The Hall–Kier alpha value is -3.40. The number of aryl methyl sites for hydroxylation is 1. The number of fused-ring (bicyclic) bond motifs is 1. The molecule has 0 saturated carbocycles. The first kappa shape index (κ1) is 21.4. The van der Waals surface area contributed by atoms with Gasteiger partial charge in [0.1, 0.15) is 17.2 Å². The Morgan fingerprint density at radius 1 is 1.06 bits per heavy atom. The summed E-state index contributed by atoms with van der Waals surface area (Å²) in [6.07, 6.45) is 9.25. The fraction of sp³-hybridized carbons (Fsp3) is 0.435. The fourth-order valence-corrected chi connectivity index (χ4v) is 4.25. The molecule has 33 heavy (non-hydrogen) atoms. The molecule has 1 aliphatic rings. The highest BCUT2D eigenvalue weighted by Gasteiger charge is 2.19. The van der Waals surface area contributed by atoms with E-state index in [1.54, 1.807) is 6.20 Å². The van der Waals surface area contributed by atoms with Crippen LogP contribution in [0.2, 0.25) is 0 Å². The van der Waals surface area contributed by atoms with E-state index in [4.69, 9.17) is 9.72 Å². The van der Waals surface area contributed by atoms with Gasteiger partial charge in [0.15, 0.2) is 5.65 Å². The van der Waals surface area contributed by atoms with Gasteiger partial charge in [0.25, 0.3) is 0 Å². The number of nitrogens with zero attached hydrogens (tertiary/aromatic N) is 8.